The Hall–Kier alpha value is -1.72. The number of imidazole rings is 1. The summed E-state index contributed by atoms with van der Waals surface area (Å²) in [6.07, 6.45) is 2.92. The number of hydrogen-bond donors (Lipinski definition) is 1. The van der Waals surface area contributed by atoms with Crippen LogP contribution in [0.1, 0.15) is 5.69 Å². The maximum atomic E-state index is 5.84. The van der Waals surface area contributed by atoms with Crippen LogP contribution in [-0.4, -0.2) is 73.5 Å². The first kappa shape index (κ1) is 19.6. The molecule has 0 aliphatic carbocycles. The lowest BCUT2D eigenvalue weighted by Gasteiger charge is -2.30. The SMILES string of the molecule is Cn1cnc(CN2CCOc3ccc(N)cc32)c1.[B][B]B([B])B([B])[B]. The first-order chi connectivity index (χ1) is 11.9. The van der Waals surface area contributed by atoms with Gasteiger partial charge < -0.3 is 19.9 Å². The molecule has 115 valence electrons. The minimum absolute atomic E-state index is 0.389. The molecule has 1 aromatic heterocycles. The van der Waals surface area contributed by atoms with Gasteiger partial charge in [-0.25, -0.2) is 4.98 Å². The van der Waals surface area contributed by atoms with E-state index in [4.69, 9.17) is 41.4 Å². The highest BCUT2D eigenvalue weighted by Gasteiger charge is 2.19. The number of benzene rings is 1. The van der Waals surface area contributed by atoms with Crippen LogP contribution in [0.4, 0.5) is 11.4 Å². The molecule has 9 radical (unpaired) electrons. The third kappa shape index (κ3) is 5.65. The molecule has 2 aromatic rings. The molecule has 0 saturated carbocycles. The van der Waals surface area contributed by atoms with E-state index in [1.54, 1.807) is 0 Å². The molecule has 0 atom stereocenters. The van der Waals surface area contributed by atoms with Crippen LogP contribution in [0.2, 0.25) is 0 Å². The average molecular weight is 320 g/mol. The summed E-state index contributed by atoms with van der Waals surface area (Å²) in [7, 11) is 23.6. The topological polar surface area (TPSA) is 56.3 Å². The van der Waals surface area contributed by atoms with Crippen LogP contribution < -0.4 is 15.4 Å². The summed E-state index contributed by atoms with van der Waals surface area (Å²) in [4.78, 5) is 6.60. The van der Waals surface area contributed by atoms with Gasteiger partial charge in [0, 0.05) is 69.7 Å². The molecule has 3 rings (SSSR count). The van der Waals surface area contributed by atoms with Crippen molar-refractivity contribution in [1.29, 1.82) is 0 Å². The van der Waals surface area contributed by atoms with Crippen LogP contribution in [0.3, 0.4) is 0 Å². The van der Waals surface area contributed by atoms with Crippen LogP contribution in [0.5, 0.6) is 5.75 Å². The molecule has 0 spiro atoms. The highest BCUT2D eigenvalue weighted by atomic mass is 16.5. The predicted octanol–water partition coefficient (Wildman–Crippen LogP) is -1.26. The molecular weight excluding hydrogens is 304 g/mol. The monoisotopic (exact) mass is 321 g/mol. The second-order valence-corrected chi connectivity index (χ2v) is 5.87. The van der Waals surface area contributed by atoms with Crippen molar-refractivity contribution in [2.75, 3.05) is 23.8 Å². The quantitative estimate of drug-likeness (QED) is 0.564. The third-order valence-electron chi connectivity index (χ3n) is 3.72. The highest BCUT2D eigenvalue weighted by Crippen LogP contribution is 2.33. The lowest BCUT2D eigenvalue weighted by Crippen LogP contribution is -2.43. The van der Waals surface area contributed by atoms with Gasteiger partial charge in [-0.3, -0.25) is 0 Å². The van der Waals surface area contributed by atoms with E-state index in [9.17, 15) is 0 Å². The van der Waals surface area contributed by atoms with Gasteiger partial charge in [0.1, 0.15) is 12.4 Å². The molecule has 25 heavy (non-hydrogen) atoms. The van der Waals surface area contributed by atoms with Crippen LogP contribution in [0, 0.1) is 0 Å². The molecule has 1 aliphatic heterocycles. The van der Waals surface area contributed by atoms with E-state index < -0.39 is 6.39 Å². The molecule has 1 aliphatic rings. The smallest absolute Gasteiger partial charge is 0.142 e. The largest absolute Gasteiger partial charge is 0.490 e. The number of ether oxygens (including phenoxy) is 1. The van der Waals surface area contributed by atoms with E-state index in [0.717, 1.165) is 35.9 Å². The van der Waals surface area contributed by atoms with E-state index in [1.165, 1.54) is 7.06 Å². The van der Waals surface area contributed by atoms with E-state index in [0.29, 0.717) is 6.61 Å². The Morgan fingerprint density at radius 2 is 2.12 bits per heavy atom. The Kier molecular flexibility index (Phi) is 7.15. The standard InChI is InChI=1S/C13H16N4O.B7/c1-16-7-11(15-9-16)8-17-4-5-18-13-3-2-10(14)6-12(13)17;1-5-7(4)6(2)3/h2-3,6-7,9H,4-5,8,14H2,1H3;. The van der Waals surface area contributed by atoms with Gasteiger partial charge in [-0.2, -0.15) is 0 Å². The summed E-state index contributed by atoms with van der Waals surface area (Å²) in [5, 5.41) is 0. The summed E-state index contributed by atoms with van der Waals surface area (Å²) in [6, 6.07) is 5.75. The van der Waals surface area contributed by atoms with Crippen molar-refractivity contribution in [3.63, 3.8) is 0 Å². The maximum absolute atomic E-state index is 5.84. The van der Waals surface area contributed by atoms with E-state index in [2.05, 4.69) is 9.88 Å². The lowest BCUT2D eigenvalue weighted by molar-refractivity contribution is 0.307. The number of nitrogens with two attached hydrogens (primary N) is 1. The third-order valence-corrected chi connectivity index (χ3v) is 3.72. The van der Waals surface area contributed by atoms with Crippen LogP contribution in [-0.2, 0) is 13.6 Å². The normalized spacial score (nSPS) is 12.3. The van der Waals surface area contributed by atoms with E-state index in [1.807, 2.05) is 42.3 Å². The second-order valence-electron chi connectivity index (χ2n) is 5.87. The van der Waals surface area contributed by atoms with Gasteiger partial charge in [0.25, 0.3) is 0 Å². The first-order valence-corrected chi connectivity index (χ1v) is 7.96. The zero-order valence-electron chi connectivity index (χ0n) is 14.4. The van der Waals surface area contributed by atoms with Gasteiger partial charge in [0.15, 0.2) is 0 Å². The van der Waals surface area contributed by atoms with Crippen molar-refractivity contribution in [1.82, 2.24) is 9.55 Å². The van der Waals surface area contributed by atoms with Crippen molar-refractivity contribution < 1.29 is 4.74 Å². The molecule has 2 heterocycles. The van der Waals surface area contributed by atoms with Crippen LogP contribution in [0.15, 0.2) is 30.7 Å². The summed E-state index contributed by atoms with van der Waals surface area (Å²) >= 11 is 0. The Bertz CT molecular complexity index is 684. The number of aromatic nitrogens is 2. The summed E-state index contributed by atoms with van der Waals surface area (Å²) in [5.74, 6) is 0.895. The average Bonchev–Trinajstić information content (AvgIpc) is 3.00. The van der Waals surface area contributed by atoms with Gasteiger partial charge in [-0.1, -0.05) is 0 Å². The van der Waals surface area contributed by atoms with Gasteiger partial charge in [0.05, 0.1) is 30.8 Å². The number of anilines is 2. The summed E-state index contributed by atoms with van der Waals surface area (Å²) in [6.45, 7) is 2.33. The number of aryl methyl sites for hydroxylation is 1. The van der Waals surface area contributed by atoms with Gasteiger partial charge in [-0.15, -0.1) is 0 Å². The molecule has 0 fully saturated rings. The van der Waals surface area contributed by atoms with Crippen molar-refractivity contribution in [2.24, 2.45) is 7.05 Å². The Morgan fingerprint density at radius 3 is 2.68 bits per heavy atom. The molecule has 0 unspecified atom stereocenters. The lowest BCUT2D eigenvalue weighted by atomic mass is 8.76. The first-order valence-electron chi connectivity index (χ1n) is 7.96. The summed E-state index contributed by atoms with van der Waals surface area (Å²) < 4.78 is 7.58. The number of nitrogen functional groups attached to an aromatic ring is 1. The van der Waals surface area contributed by atoms with E-state index in [-0.39, 0.29) is 6.39 Å². The minimum atomic E-state index is -0.537. The van der Waals surface area contributed by atoms with Gasteiger partial charge in [0.2, 0.25) is 0 Å². The zero-order valence-corrected chi connectivity index (χ0v) is 14.4. The molecular formula is C13H16B7N4O. The summed E-state index contributed by atoms with van der Waals surface area (Å²) in [5.41, 5.74) is 8.69. The van der Waals surface area contributed by atoms with Crippen LogP contribution >= 0.6 is 0 Å². The Labute approximate surface area is 156 Å². The minimum Gasteiger partial charge on any atom is -0.490 e. The molecule has 0 saturated heterocycles. The Morgan fingerprint density at radius 1 is 1.36 bits per heavy atom. The number of rotatable bonds is 4. The molecule has 1 aromatic carbocycles. The number of hydrogen-bond acceptors (Lipinski definition) is 4. The fraction of sp³-hybridized carbons (Fsp3) is 0.308. The van der Waals surface area contributed by atoms with E-state index >= 15 is 0 Å². The molecule has 5 nitrogen and oxygen atoms in total. The fourth-order valence-corrected chi connectivity index (χ4v) is 2.33. The molecule has 12 heteroatoms. The molecule has 0 bridgehead atoms. The van der Waals surface area contributed by atoms with Crippen LogP contribution in [0.25, 0.3) is 0 Å². The predicted molar refractivity (Wildman–Crippen MR) is 111 cm³/mol. The maximum Gasteiger partial charge on any atom is 0.142 e. The van der Waals surface area contributed by atoms with Gasteiger partial charge in [-0.05, 0) is 18.2 Å². The highest BCUT2D eigenvalue weighted by molar-refractivity contribution is 7.81. The van der Waals surface area contributed by atoms with Crippen molar-refractivity contribution in [3.05, 3.63) is 36.4 Å². The number of nitrogens with zero attached hydrogens (tertiary/aromatic N) is 3. The van der Waals surface area contributed by atoms with Crippen molar-refractivity contribution >= 4 is 62.2 Å². The molecule has 0 amide bonds. The Balaban J connectivity index is 0.000000277. The second kappa shape index (κ2) is 9.11. The fourth-order valence-electron chi connectivity index (χ4n) is 2.33. The van der Waals surface area contributed by atoms with Gasteiger partial charge >= 0.3 is 0 Å². The van der Waals surface area contributed by atoms with Crippen molar-refractivity contribution in [2.45, 2.75) is 6.54 Å². The zero-order chi connectivity index (χ0) is 18.4. The molecule has 2 N–H and O–H groups in total. The number of fused-ring (bicyclic) bond motifs is 1. The van der Waals surface area contributed by atoms with Crippen molar-refractivity contribution in [3.8, 4) is 5.75 Å².